The molecule has 1 aliphatic rings. The van der Waals surface area contributed by atoms with Crippen LogP contribution in [0.15, 0.2) is 11.6 Å². The van der Waals surface area contributed by atoms with Gasteiger partial charge in [0.1, 0.15) is 0 Å². The number of hydrogen-bond donors (Lipinski definition) is 2. The van der Waals surface area contributed by atoms with Gasteiger partial charge in [0.05, 0.1) is 5.60 Å². The summed E-state index contributed by atoms with van der Waals surface area (Å²) >= 11 is 0. The lowest BCUT2D eigenvalue weighted by atomic mass is 9.75. The predicted molar refractivity (Wildman–Crippen MR) is 58.8 cm³/mol. The van der Waals surface area contributed by atoms with Gasteiger partial charge in [-0.25, -0.2) is 0 Å². The van der Waals surface area contributed by atoms with Gasteiger partial charge in [-0.15, -0.1) is 0 Å². The van der Waals surface area contributed by atoms with E-state index in [1.807, 2.05) is 0 Å². The number of hydrogen-bond acceptors (Lipinski definition) is 3. The van der Waals surface area contributed by atoms with Gasteiger partial charge in [-0.05, 0) is 39.5 Å². The molecule has 0 aromatic heterocycles. The minimum atomic E-state index is 0.0863. The maximum absolute atomic E-state index is 5.56. The Labute approximate surface area is 86.7 Å². The summed E-state index contributed by atoms with van der Waals surface area (Å²) in [6, 6.07) is 0.236. The molecule has 1 saturated carbocycles. The minimum absolute atomic E-state index is 0.0863. The zero-order valence-corrected chi connectivity index (χ0v) is 9.47. The van der Waals surface area contributed by atoms with Crippen LogP contribution in [0.2, 0.25) is 0 Å². The molecule has 1 atom stereocenters. The Hall–Kier alpha value is -0.380. The van der Waals surface area contributed by atoms with E-state index in [1.165, 1.54) is 12.0 Å². The van der Waals surface area contributed by atoms with Crippen molar-refractivity contribution in [3.63, 3.8) is 0 Å². The quantitative estimate of drug-likeness (QED) is 0.402. The molecule has 1 rings (SSSR count). The van der Waals surface area contributed by atoms with Gasteiger partial charge in [0.25, 0.3) is 0 Å². The van der Waals surface area contributed by atoms with E-state index in [9.17, 15) is 0 Å². The lowest BCUT2D eigenvalue weighted by Gasteiger charge is -2.42. The summed E-state index contributed by atoms with van der Waals surface area (Å²) in [6.45, 7) is 4.18. The van der Waals surface area contributed by atoms with E-state index in [0.29, 0.717) is 0 Å². The van der Waals surface area contributed by atoms with Gasteiger partial charge in [0, 0.05) is 13.2 Å². The first-order valence-electron chi connectivity index (χ1n) is 5.28. The van der Waals surface area contributed by atoms with Crippen molar-refractivity contribution < 1.29 is 4.74 Å². The molecule has 0 radical (unpaired) electrons. The highest BCUT2D eigenvalue weighted by molar-refractivity contribution is 5.04. The molecule has 0 aromatic carbocycles. The number of nitrogens with one attached hydrogen (secondary N) is 1. The summed E-state index contributed by atoms with van der Waals surface area (Å²) in [4.78, 5) is 0. The third-order valence-electron chi connectivity index (χ3n) is 3.04. The summed E-state index contributed by atoms with van der Waals surface area (Å²) in [7, 11) is 1.80. The van der Waals surface area contributed by atoms with Gasteiger partial charge in [-0.2, -0.15) is 0 Å². The molecule has 0 saturated heterocycles. The molecule has 1 fully saturated rings. The molecule has 0 aromatic rings. The molecular weight excluding hydrogens is 176 g/mol. The molecular formula is C11H22N2O. The molecule has 1 aliphatic carbocycles. The number of rotatable bonds is 5. The lowest BCUT2D eigenvalue weighted by molar-refractivity contribution is -0.0808. The molecule has 0 heterocycles. The van der Waals surface area contributed by atoms with Crippen molar-refractivity contribution in [3.05, 3.63) is 11.6 Å². The largest absolute Gasteiger partial charge is 0.378 e. The fraction of sp³-hybridized carbons (Fsp3) is 0.818. The van der Waals surface area contributed by atoms with E-state index in [0.717, 1.165) is 19.3 Å². The second-order valence-corrected chi connectivity index (χ2v) is 4.46. The molecule has 14 heavy (non-hydrogen) atoms. The third-order valence-corrected chi connectivity index (χ3v) is 3.04. The molecule has 3 heteroatoms. The molecule has 82 valence electrons. The van der Waals surface area contributed by atoms with E-state index >= 15 is 0 Å². The molecule has 0 aliphatic heterocycles. The second-order valence-electron chi connectivity index (χ2n) is 4.46. The predicted octanol–water partition coefficient (Wildman–Crippen LogP) is 1.74. The normalized spacial score (nSPS) is 21.1. The van der Waals surface area contributed by atoms with Crippen LogP contribution in [0, 0.1) is 0 Å². The van der Waals surface area contributed by atoms with Gasteiger partial charge >= 0.3 is 0 Å². The van der Waals surface area contributed by atoms with Crippen LogP contribution in [0.25, 0.3) is 0 Å². The van der Waals surface area contributed by atoms with Crippen LogP contribution in [0.4, 0.5) is 0 Å². The zero-order valence-electron chi connectivity index (χ0n) is 9.47. The highest BCUT2D eigenvalue weighted by atomic mass is 16.5. The van der Waals surface area contributed by atoms with Crippen molar-refractivity contribution in [2.24, 2.45) is 5.84 Å². The Bertz CT molecular complexity index is 200. The summed E-state index contributed by atoms with van der Waals surface area (Å²) in [5, 5.41) is 0. The smallest absolute Gasteiger partial charge is 0.0697 e. The number of ether oxygens (including phenoxy) is 1. The first-order valence-corrected chi connectivity index (χ1v) is 5.28. The van der Waals surface area contributed by atoms with Gasteiger partial charge in [-0.1, -0.05) is 11.6 Å². The topological polar surface area (TPSA) is 47.3 Å². The Balaban J connectivity index is 2.51. The van der Waals surface area contributed by atoms with Gasteiger partial charge in [-0.3, -0.25) is 11.3 Å². The molecule has 0 bridgehead atoms. The summed E-state index contributed by atoms with van der Waals surface area (Å²) < 4.78 is 5.56. The van der Waals surface area contributed by atoms with Gasteiger partial charge < -0.3 is 4.74 Å². The number of allylic oxidation sites excluding steroid dienone is 1. The molecule has 3 N–H and O–H groups in total. The van der Waals surface area contributed by atoms with Crippen molar-refractivity contribution in [1.82, 2.24) is 5.43 Å². The number of nitrogens with two attached hydrogens (primary N) is 1. The second kappa shape index (κ2) is 4.91. The Morgan fingerprint density at radius 2 is 2.21 bits per heavy atom. The van der Waals surface area contributed by atoms with Crippen LogP contribution in [-0.4, -0.2) is 18.8 Å². The van der Waals surface area contributed by atoms with Crippen molar-refractivity contribution in [2.45, 2.75) is 51.2 Å². The van der Waals surface area contributed by atoms with Gasteiger partial charge in [0.2, 0.25) is 0 Å². The van der Waals surface area contributed by atoms with Crippen LogP contribution >= 0.6 is 0 Å². The van der Waals surface area contributed by atoms with E-state index in [1.54, 1.807) is 7.11 Å². The highest BCUT2D eigenvalue weighted by Gasteiger charge is 2.38. The van der Waals surface area contributed by atoms with Crippen molar-refractivity contribution in [1.29, 1.82) is 0 Å². The Morgan fingerprint density at radius 1 is 1.57 bits per heavy atom. The summed E-state index contributed by atoms with van der Waals surface area (Å²) in [5.74, 6) is 5.51. The zero-order chi connectivity index (χ0) is 10.6. The van der Waals surface area contributed by atoms with Crippen LogP contribution in [-0.2, 0) is 4.74 Å². The van der Waals surface area contributed by atoms with E-state index in [4.69, 9.17) is 10.6 Å². The van der Waals surface area contributed by atoms with E-state index in [-0.39, 0.29) is 11.6 Å². The van der Waals surface area contributed by atoms with Gasteiger partial charge in [0.15, 0.2) is 0 Å². The van der Waals surface area contributed by atoms with Crippen molar-refractivity contribution in [3.8, 4) is 0 Å². The van der Waals surface area contributed by atoms with Crippen molar-refractivity contribution in [2.75, 3.05) is 7.11 Å². The number of hydrazine groups is 1. The fourth-order valence-corrected chi connectivity index (χ4v) is 2.03. The SMILES string of the molecule is COC1(CC(C=C(C)C)NN)CCC1. The maximum Gasteiger partial charge on any atom is 0.0697 e. The first kappa shape index (κ1) is 11.7. The summed E-state index contributed by atoms with van der Waals surface area (Å²) in [5.41, 5.74) is 4.21. The summed E-state index contributed by atoms with van der Waals surface area (Å²) in [6.07, 6.45) is 6.75. The highest BCUT2D eigenvalue weighted by Crippen LogP contribution is 2.39. The minimum Gasteiger partial charge on any atom is -0.378 e. The van der Waals surface area contributed by atoms with Crippen LogP contribution in [0.3, 0.4) is 0 Å². The molecule has 0 amide bonds. The standard InChI is InChI=1S/C11H22N2O/c1-9(2)7-10(13-12)8-11(14-3)5-4-6-11/h7,10,13H,4-6,8,12H2,1-3H3. The first-order chi connectivity index (χ1) is 6.62. The van der Waals surface area contributed by atoms with Crippen LogP contribution in [0.5, 0.6) is 0 Å². The monoisotopic (exact) mass is 198 g/mol. The lowest BCUT2D eigenvalue weighted by Crippen LogP contribution is -2.47. The van der Waals surface area contributed by atoms with Crippen LogP contribution in [0.1, 0.15) is 39.5 Å². The Kier molecular flexibility index (Phi) is 4.11. The third kappa shape index (κ3) is 2.80. The van der Waals surface area contributed by atoms with Crippen molar-refractivity contribution >= 4 is 0 Å². The van der Waals surface area contributed by atoms with Crippen LogP contribution < -0.4 is 11.3 Å². The molecule has 0 spiro atoms. The maximum atomic E-state index is 5.56. The fourth-order valence-electron chi connectivity index (χ4n) is 2.03. The average molecular weight is 198 g/mol. The molecule has 1 unspecified atom stereocenters. The number of methoxy groups -OCH3 is 1. The van der Waals surface area contributed by atoms with E-state index < -0.39 is 0 Å². The Morgan fingerprint density at radius 3 is 2.50 bits per heavy atom. The average Bonchev–Trinajstić information content (AvgIpc) is 2.08. The van der Waals surface area contributed by atoms with E-state index in [2.05, 4.69) is 25.3 Å². The molecule has 3 nitrogen and oxygen atoms in total.